The van der Waals surface area contributed by atoms with E-state index in [0.29, 0.717) is 34.4 Å². The number of anilines is 2. The Morgan fingerprint density at radius 2 is 1.94 bits per heavy atom. The highest BCUT2D eigenvalue weighted by molar-refractivity contribution is 9.10. The van der Waals surface area contributed by atoms with Gasteiger partial charge in [-0.2, -0.15) is 0 Å². The van der Waals surface area contributed by atoms with Crippen molar-refractivity contribution in [2.24, 2.45) is 4.99 Å². The van der Waals surface area contributed by atoms with E-state index in [1.807, 2.05) is 56.3 Å². The minimum atomic E-state index is -0.151. The number of aliphatic imine (C=N–C) groups is 1. The standard InChI is InChI=1S/C29H32BrClN4O/c1-6-16-34(17-7-2)24-13-11-23(12-14-24)32-20(5)33-28-21(8-3)18-26(29(36)35(28)9-4)25-15-10-22(30)19-27(25)31/h6,8,10-15,18-19,32H,1,5,7,9,16-17H2,2-4H3/b21-8-,33-28+. The molecule has 1 heterocycles. The van der Waals surface area contributed by atoms with Crippen LogP contribution in [-0.4, -0.2) is 36.3 Å². The van der Waals surface area contributed by atoms with E-state index in [4.69, 9.17) is 16.6 Å². The number of nitrogens with zero attached hydrogens (tertiary/aromatic N) is 3. The van der Waals surface area contributed by atoms with Crippen LogP contribution in [0.3, 0.4) is 0 Å². The summed E-state index contributed by atoms with van der Waals surface area (Å²) in [6, 6.07) is 13.6. The zero-order valence-corrected chi connectivity index (χ0v) is 23.4. The molecule has 0 spiro atoms. The number of nitrogens with one attached hydrogen (secondary N) is 1. The number of halogens is 2. The average Bonchev–Trinajstić information content (AvgIpc) is 2.85. The molecule has 0 atom stereocenters. The molecule has 188 valence electrons. The van der Waals surface area contributed by atoms with Gasteiger partial charge in [0.2, 0.25) is 0 Å². The minimum absolute atomic E-state index is 0.151. The molecule has 0 radical (unpaired) electrons. The van der Waals surface area contributed by atoms with E-state index in [1.165, 1.54) is 0 Å². The molecule has 0 unspecified atom stereocenters. The number of hydrogen-bond donors (Lipinski definition) is 1. The van der Waals surface area contributed by atoms with Crippen molar-refractivity contribution in [3.63, 3.8) is 0 Å². The molecule has 3 rings (SSSR count). The van der Waals surface area contributed by atoms with Crippen LogP contribution in [-0.2, 0) is 4.79 Å². The topological polar surface area (TPSA) is 47.9 Å². The molecule has 0 aromatic heterocycles. The van der Waals surface area contributed by atoms with Crippen LogP contribution in [0.4, 0.5) is 11.4 Å². The van der Waals surface area contributed by atoms with Crippen molar-refractivity contribution in [2.45, 2.75) is 27.2 Å². The van der Waals surface area contributed by atoms with Crippen LogP contribution in [0.15, 0.2) is 94.7 Å². The average molecular weight is 568 g/mol. The Labute approximate surface area is 227 Å². The van der Waals surface area contributed by atoms with Gasteiger partial charge in [0.05, 0.1) is 0 Å². The first kappa shape index (κ1) is 27.5. The summed E-state index contributed by atoms with van der Waals surface area (Å²) in [5.41, 5.74) is 4.05. The zero-order valence-electron chi connectivity index (χ0n) is 21.0. The summed E-state index contributed by atoms with van der Waals surface area (Å²) in [7, 11) is 0. The summed E-state index contributed by atoms with van der Waals surface area (Å²) in [5.74, 6) is 0.844. The van der Waals surface area contributed by atoms with Crippen LogP contribution >= 0.6 is 27.5 Å². The molecule has 0 saturated carbocycles. The van der Waals surface area contributed by atoms with E-state index in [9.17, 15) is 4.79 Å². The van der Waals surface area contributed by atoms with Gasteiger partial charge in [-0.15, -0.1) is 6.58 Å². The van der Waals surface area contributed by atoms with Gasteiger partial charge in [-0.25, -0.2) is 4.99 Å². The molecule has 7 heteroatoms. The summed E-state index contributed by atoms with van der Waals surface area (Å²) in [4.78, 5) is 22.1. The Balaban J connectivity index is 1.86. The molecule has 36 heavy (non-hydrogen) atoms. The van der Waals surface area contributed by atoms with Crippen molar-refractivity contribution < 1.29 is 4.79 Å². The van der Waals surface area contributed by atoms with E-state index in [1.54, 1.807) is 11.0 Å². The Hall–Kier alpha value is -3.09. The van der Waals surface area contributed by atoms with Crippen LogP contribution in [0.5, 0.6) is 0 Å². The number of hydrogen-bond acceptors (Lipinski definition) is 4. The van der Waals surface area contributed by atoms with Gasteiger partial charge in [-0.1, -0.05) is 59.3 Å². The van der Waals surface area contributed by atoms with Gasteiger partial charge < -0.3 is 10.2 Å². The van der Waals surface area contributed by atoms with Crippen molar-refractivity contribution in [1.29, 1.82) is 0 Å². The minimum Gasteiger partial charge on any atom is -0.368 e. The molecular weight excluding hydrogens is 536 g/mol. The Bertz CT molecular complexity index is 1230. The first-order chi connectivity index (χ1) is 17.3. The molecule has 1 aliphatic heterocycles. The summed E-state index contributed by atoms with van der Waals surface area (Å²) in [5, 5.41) is 3.76. The number of carbonyl (C=O) groups excluding carboxylic acids is 1. The fourth-order valence-corrected chi connectivity index (χ4v) is 4.82. The molecular formula is C29H32BrClN4O. The number of amides is 1. The fraction of sp³-hybridized carbons (Fsp3) is 0.241. The lowest BCUT2D eigenvalue weighted by molar-refractivity contribution is -0.121. The quantitative estimate of drug-likeness (QED) is 0.300. The van der Waals surface area contributed by atoms with Crippen LogP contribution in [0.1, 0.15) is 32.8 Å². The van der Waals surface area contributed by atoms with Gasteiger partial charge in [0.15, 0.2) is 0 Å². The maximum absolute atomic E-state index is 13.4. The molecule has 2 aromatic rings. The zero-order chi connectivity index (χ0) is 26.2. The first-order valence-corrected chi connectivity index (χ1v) is 13.2. The van der Waals surface area contributed by atoms with Crippen molar-refractivity contribution in [3.05, 3.63) is 100 Å². The molecule has 2 aromatic carbocycles. The molecule has 0 bridgehead atoms. The van der Waals surface area contributed by atoms with Crippen molar-refractivity contribution in [1.82, 2.24) is 4.90 Å². The number of amidine groups is 1. The Morgan fingerprint density at radius 3 is 2.53 bits per heavy atom. The smallest absolute Gasteiger partial charge is 0.260 e. The molecule has 1 aliphatic rings. The van der Waals surface area contributed by atoms with E-state index in [2.05, 4.69) is 58.4 Å². The van der Waals surface area contributed by atoms with Gasteiger partial charge in [-0.05, 0) is 62.7 Å². The maximum Gasteiger partial charge on any atom is 0.260 e. The molecule has 0 aliphatic carbocycles. The number of carbonyl (C=O) groups is 1. The number of rotatable bonds is 10. The first-order valence-electron chi connectivity index (χ1n) is 12.0. The summed E-state index contributed by atoms with van der Waals surface area (Å²) < 4.78 is 0.857. The largest absolute Gasteiger partial charge is 0.368 e. The van der Waals surface area contributed by atoms with E-state index in [-0.39, 0.29) is 5.91 Å². The third kappa shape index (κ3) is 6.37. The van der Waals surface area contributed by atoms with E-state index in [0.717, 1.165) is 40.9 Å². The lowest BCUT2D eigenvalue weighted by Crippen LogP contribution is -2.41. The SMILES string of the molecule is C=CCN(CCC)c1ccc(NC(=C)/N=C2\C(=C/C)C=C(c3ccc(Br)cc3Cl)C(=O)N2CC)cc1. The Morgan fingerprint density at radius 1 is 1.22 bits per heavy atom. The van der Waals surface area contributed by atoms with Gasteiger partial charge in [0.1, 0.15) is 11.7 Å². The highest BCUT2D eigenvalue weighted by Gasteiger charge is 2.30. The third-order valence-corrected chi connectivity index (χ3v) is 6.55. The third-order valence-electron chi connectivity index (χ3n) is 5.74. The van der Waals surface area contributed by atoms with Gasteiger partial charge in [0, 0.05) is 57.2 Å². The number of allylic oxidation sites excluding steroid dienone is 1. The van der Waals surface area contributed by atoms with Gasteiger partial charge in [0.25, 0.3) is 5.91 Å². The second-order valence-electron chi connectivity index (χ2n) is 8.26. The highest BCUT2D eigenvalue weighted by atomic mass is 79.9. The second-order valence-corrected chi connectivity index (χ2v) is 9.59. The maximum atomic E-state index is 13.4. The molecule has 1 N–H and O–H groups in total. The predicted molar refractivity (Wildman–Crippen MR) is 158 cm³/mol. The van der Waals surface area contributed by atoms with Gasteiger partial charge in [-0.3, -0.25) is 9.69 Å². The van der Waals surface area contributed by atoms with Crippen molar-refractivity contribution in [2.75, 3.05) is 29.9 Å². The molecule has 0 fully saturated rings. The predicted octanol–water partition coefficient (Wildman–Crippen LogP) is 7.68. The highest BCUT2D eigenvalue weighted by Crippen LogP contribution is 2.33. The second kappa shape index (κ2) is 12.7. The lowest BCUT2D eigenvalue weighted by Gasteiger charge is -2.30. The summed E-state index contributed by atoms with van der Waals surface area (Å²) >= 11 is 9.89. The van der Waals surface area contributed by atoms with Crippen LogP contribution in [0, 0.1) is 0 Å². The van der Waals surface area contributed by atoms with E-state index < -0.39 is 0 Å². The lowest BCUT2D eigenvalue weighted by atomic mass is 9.96. The summed E-state index contributed by atoms with van der Waals surface area (Å²) in [6.45, 7) is 16.2. The number of benzene rings is 2. The normalized spacial score (nSPS) is 15.8. The van der Waals surface area contributed by atoms with Crippen molar-refractivity contribution >= 4 is 56.2 Å². The van der Waals surface area contributed by atoms with Gasteiger partial charge >= 0.3 is 0 Å². The fourth-order valence-electron chi connectivity index (χ4n) is 4.04. The summed E-state index contributed by atoms with van der Waals surface area (Å²) in [6.07, 6.45) is 6.75. The van der Waals surface area contributed by atoms with Crippen LogP contribution in [0.25, 0.3) is 5.57 Å². The van der Waals surface area contributed by atoms with Crippen molar-refractivity contribution in [3.8, 4) is 0 Å². The molecule has 0 saturated heterocycles. The van der Waals surface area contributed by atoms with Crippen LogP contribution < -0.4 is 10.2 Å². The molecule has 5 nitrogen and oxygen atoms in total. The Kier molecular flexibility index (Phi) is 9.73. The monoisotopic (exact) mass is 566 g/mol. The van der Waals surface area contributed by atoms with E-state index >= 15 is 0 Å². The molecule has 1 amide bonds. The number of likely N-dealkylation sites (N-methyl/N-ethyl adjacent to an activating group) is 1. The van der Waals surface area contributed by atoms with Crippen LogP contribution in [0.2, 0.25) is 5.02 Å².